The molecule has 1 aliphatic rings. The van der Waals surface area contributed by atoms with Gasteiger partial charge in [-0.25, -0.2) is 4.79 Å². The van der Waals surface area contributed by atoms with E-state index in [1.807, 2.05) is 0 Å². The smallest absolute Gasteiger partial charge is 0.328 e. The molecule has 1 rings (SSSR count). The lowest BCUT2D eigenvalue weighted by atomic mass is 10.1. The second kappa shape index (κ2) is 5.48. The molecule has 0 bridgehead atoms. The summed E-state index contributed by atoms with van der Waals surface area (Å²) < 4.78 is 0. The van der Waals surface area contributed by atoms with Crippen molar-refractivity contribution in [2.24, 2.45) is 4.99 Å². The van der Waals surface area contributed by atoms with Crippen LogP contribution in [0.25, 0.3) is 0 Å². The zero-order valence-corrected chi connectivity index (χ0v) is 8.48. The highest BCUT2D eigenvalue weighted by atomic mass is 16.4. The summed E-state index contributed by atoms with van der Waals surface area (Å²) in [5.41, 5.74) is 0.924. The molecule has 0 aromatic carbocycles. The van der Waals surface area contributed by atoms with Crippen LogP contribution in [0.4, 0.5) is 0 Å². The Labute approximate surface area is 87.8 Å². The van der Waals surface area contributed by atoms with Crippen LogP contribution in [0.2, 0.25) is 0 Å². The van der Waals surface area contributed by atoms with Crippen molar-refractivity contribution in [1.82, 2.24) is 0 Å². The van der Waals surface area contributed by atoms with Crippen LogP contribution in [0.5, 0.6) is 0 Å². The Hall–Kier alpha value is -1.39. The first-order chi connectivity index (χ1) is 7.09. The summed E-state index contributed by atoms with van der Waals surface area (Å²) in [5, 5.41) is 17.3. The van der Waals surface area contributed by atoms with E-state index in [0.29, 0.717) is 0 Å². The highest BCUT2D eigenvalue weighted by Crippen LogP contribution is 2.16. The Kier molecular flexibility index (Phi) is 4.27. The van der Waals surface area contributed by atoms with Gasteiger partial charge < -0.3 is 10.2 Å². The second-order valence-corrected chi connectivity index (χ2v) is 3.69. The summed E-state index contributed by atoms with van der Waals surface area (Å²) in [6.07, 6.45) is 3.77. The number of carboxylic acid groups (broad SMARTS) is 2. The molecule has 1 fully saturated rings. The number of carbonyl (C=O) groups is 2. The molecule has 0 radical (unpaired) electrons. The first-order valence-corrected chi connectivity index (χ1v) is 5.09. The van der Waals surface area contributed by atoms with Gasteiger partial charge in [-0.05, 0) is 32.1 Å². The Bertz CT molecular complexity index is 277. The van der Waals surface area contributed by atoms with E-state index in [4.69, 9.17) is 10.2 Å². The van der Waals surface area contributed by atoms with Crippen molar-refractivity contribution >= 4 is 17.7 Å². The number of carboxylic acids is 2. The van der Waals surface area contributed by atoms with E-state index in [1.165, 1.54) is 0 Å². The Morgan fingerprint density at radius 2 is 1.87 bits per heavy atom. The molecule has 0 heterocycles. The minimum absolute atomic E-state index is 0.0775. The zero-order valence-electron chi connectivity index (χ0n) is 8.48. The average Bonchev–Trinajstić information content (AvgIpc) is 2.63. The van der Waals surface area contributed by atoms with Crippen LogP contribution in [0.3, 0.4) is 0 Å². The van der Waals surface area contributed by atoms with Crippen molar-refractivity contribution in [2.75, 3.05) is 0 Å². The van der Waals surface area contributed by atoms with Crippen molar-refractivity contribution in [3.63, 3.8) is 0 Å². The molecule has 0 unspecified atom stereocenters. The van der Waals surface area contributed by atoms with Crippen molar-refractivity contribution in [2.45, 2.75) is 44.6 Å². The molecule has 1 aliphatic carbocycles. The molecule has 1 saturated carbocycles. The lowest BCUT2D eigenvalue weighted by molar-refractivity contribution is -0.139. The van der Waals surface area contributed by atoms with E-state index in [-0.39, 0.29) is 12.8 Å². The van der Waals surface area contributed by atoms with Gasteiger partial charge in [0.05, 0.1) is 0 Å². The highest BCUT2D eigenvalue weighted by Gasteiger charge is 2.19. The summed E-state index contributed by atoms with van der Waals surface area (Å²) in [5.74, 6) is -2.01. The van der Waals surface area contributed by atoms with Gasteiger partial charge in [0.25, 0.3) is 0 Å². The fraction of sp³-hybridized carbons (Fsp3) is 0.700. The van der Waals surface area contributed by atoms with E-state index in [2.05, 4.69) is 4.99 Å². The molecule has 5 nitrogen and oxygen atoms in total. The summed E-state index contributed by atoms with van der Waals surface area (Å²) in [7, 11) is 0. The monoisotopic (exact) mass is 213 g/mol. The Morgan fingerprint density at radius 1 is 1.27 bits per heavy atom. The van der Waals surface area contributed by atoms with Gasteiger partial charge in [-0.1, -0.05) is 0 Å². The Morgan fingerprint density at radius 3 is 2.33 bits per heavy atom. The van der Waals surface area contributed by atoms with Gasteiger partial charge in [0.1, 0.15) is 6.04 Å². The molecule has 1 atom stereocenters. The fourth-order valence-electron chi connectivity index (χ4n) is 1.64. The molecular formula is C10H15NO4. The first kappa shape index (κ1) is 11.7. The maximum absolute atomic E-state index is 10.8. The number of aliphatic carboxylic acids is 2. The molecule has 84 valence electrons. The van der Waals surface area contributed by atoms with Crippen LogP contribution in [0, 0.1) is 0 Å². The topological polar surface area (TPSA) is 87.0 Å². The van der Waals surface area contributed by atoms with E-state index in [1.54, 1.807) is 0 Å². The van der Waals surface area contributed by atoms with E-state index in [9.17, 15) is 9.59 Å². The summed E-state index contributed by atoms with van der Waals surface area (Å²) in [6, 6.07) is -0.880. The lowest BCUT2D eigenvalue weighted by Gasteiger charge is -2.06. The molecule has 0 amide bonds. The van der Waals surface area contributed by atoms with Crippen molar-refractivity contribution in [1.29, 1.82) is 0 Å². The predicted molar refractivity (Wildman–Crippen MR) is 54.2 cm³/mol. The van der Waals surface area contributed by atoms with Gasteiger partial charge in [-0.2, -0.15) is 0 Å². The maximum Gasteiger partial charge on any atom is 0.328 e. The number of aliphatic imine (C=N–C) groups is 1. The molecule has 0 aliphatic heterocycles. The number of rotatable bonds is 5. The summed E-state index contributed by atoms with van der Waals surface area (Å²) in [4.78, 5) is 25.2. The normalized spacial score (nSPS) is 17.5. The number of hydrogen-bond acceptors (Lipinski definition) is 3. The van der Waals surface area contributed by atoms with Crippen molar-refractivity contribution in [3.05, 3.63) is 0 Å². The molecule has 0 aromatic rings. The molecule has 5 heteroatoms. The third kappa shape index (κ3) is 4.10. The van der Waals surface area contributed by atoms with Gasteiger partial charge >= 0.3 is 11.9 Å². The van der Waals surface area contributed by atoms with Crippen LogP contribution in [0.15, 0.2) is 4.99 Å². The van der Waals surface area contributed by atoms with Gasteiger partial charge in [-0.3, -0.25) is 9.79 Å². The molecule has 0 spiro atoms. The van der Waals surface area contributed by atoms with Gasteiger partial charge in [-0.15, -0.1) is 0 Å². The van der Waals surface area contributed by atoms with Gasteiger partial charge in [0.2, 0.25) is 0 Å². The minimum Gasteiger partial charge on any atom is -0.481 e. The zero-order chi connectivity index (χ0) is 11.3. The third-order valence-electron chi connectivity index (χ3n) is 2.44. The Balaban J connectivity index is 2.53. The standard InChI is InChI=1S/C10H15NO4/c12-9(13)6-5-8(10(14)15)11-7-3-1-2-4-7/h8H,1-6H2,(H,12,13)(H,14,15)/t8-/m0/s1. The van der Waals surface area contributed by atoms with Crippen molar-refractivity contribution < 1.29 is 19.8 Å². The van der Waals surface area contributed by atoms with Crippen LogP contribution in [-0.2, 0) is 9.59 Å². The number of nitrogens with zero attached hydrogens (tertiary/aromatic N) is 1. The van der Waals surface area contributed by atoms with Gasteiger partial charge in [0, 0.05) is 12.1 Å². The van der Waals surface area contributed by atoms with Crippen LogP contribution in [0.1, 0.15) is 38.5 Å². The van der Waals surface area contributed by atoms with Crippen molar-refractivity contribution in [3.8, 4) is 0 Å². The molecule has 15 heavy (non-hydrogen) atoms. The largest absolute Gasteiger partial charge is 0.481 e. The fourth-order valence-corrected chi connectivity index (χ4v) is 1.64. The third-order valence-corrected chi connectivity index (χ3v) is 2.44. The SMILES string of the molecule is O=C(O)CC[C@H](N=C1CCCC1)C(=O)O. The highest BCUT2D eigenvalue weighted by molar-refractivity contribution is 5.88. The molecular weight excluding hydrogens is 198 g/mol. The molecule has 0 aromatic heterocycles. The molecule has 0 saturated heterocycles. The van der Waals surface area contributed by atoms with Crippen LogP contribution in [-0.4, -0.2) is 33.9 Å². The number of hydrogen-bond donors (Lipinski definition) is 2. The second-order valence-electron chi connectivity index (χ2n) is 3.69. The van der Waals surface area contributed by atoms with E-state index >= 15 is 0 Å². The van der Waals surface area contributed by atoms with E-state index < -0.39 is 18.0 Å². The quantitative estimate of drug-likeness (QED) is 0.721. The predicted octanol–water partition coefficient (Wildman–Crippen LogP) is 1.32. The van der Waals surface area contributed by atoms with Gasteiger partial charge in [0.15, 0.2) is 0 Å². The molecule has 2 N–H and O–H groups in total. The summed E-state index contributed by atoms with van der Waals surface area (Å²) >= 11 is 0. The first-order valence-electron chi connectivity index (χ1n) is 5.09. The maximum atomic E-state index is 10.8. The lowest BCUT2D eigenvalue weighted by Crippen LogP contribution is -2.20. The minimum atomic E-state index is -1.03. The average molecular weight is 213 g/mol. The summed E-state index contributed by atoms with van der Waals surface area (Å²) in [6.45, 7) is 0. The van der Waals surface area contributed by atoms with Crippen LogP contribution < -0.4 is 0 Å². The van der Waals surface area contributed by atoms with E-state index in [0.717, 1.165) is 31.4 Å². The van der Waals surface area contributed by atoms with Crippen LogP contribution >= 0.6 is 0 Å².